The van der Waals surface area contributed by atoms with E-state index in [9.17, 15) is 27.6 Å². The molecule has 1 rings (SSSR count). The molecule has 0 heterocycles. The zero-order chi connectivity index (χ0) is 17.1. The maximum absolute atomic E-state index is 12.6. The van der Waals surface area contributed by atoms with Gasteiger partial charge < -0.3 is 10.4 Å². The highest BCUT2D eigenvalue weighted by atomic mass is 19.4. The van der Waals surface area contributed by atoms with Gasteiger partial charge in [0.2, 0.25) is 5.91 Å². The highest BCUT2D eigenvalue weighted by molar-refractivity contribution is 6.04. The standard InChI is InChI=1S/C14H14F3NO4/c1-7(18-8(2)19)12(20)11-5-9(13(21)22)3-4-10(11)6-14(15,16)17/h3-5,7H,6H2,1-2H3,(H,18,19)(H,21,22). The molecular formula is C14H14F3NO4. The Morgan fingerprint density at radius 2 is 1.86 bits per heavy atom. The van der Waals surface area contributed by atoms with Crippen molar-refractivity contribution >= 4 is 17.7 Å². The lowest BCUT2D eigenvalue weighted by atomic mass is 9.95. The zero-order valence-corrected chi connectivity index (χ0v) is 11.8. The quantitative estimate of drug-likeness (QED) is 0.816. The number of amides is 1. The van der Waals surface area contributed by atoms with Crippen molar-refractivity contribution in [3.63, 3.8) is 0 Å². The molecule has 0 aliphatic carbocycles. The third-order valence-electron chi connectivity index (χ3n) is 2.83. The molecule has 1 unspecified atom stereocenters. The van der Waals surface area contributed by atoms with Crippen LogP contribution >= 0.6 is 0 Å². The van der Waals surface area contributed by atoms with Gasteiger partial charge in [0.25, 0.3) is 0 Å². The Bertz CT molecular complexity index is 611. The Kier molecular flexibility index (Phi) is 5.29. The summed E-state index contributed by atoms with van der Waals surface area (Å²) in [5, 5.41) is 11.2. The fourth-order valence-electron chi connectivity index (χ4n) is 1.91. The van der Waals surface area contributed by atoms with Crippen LogP contribution in [-0.2, 0) is 11.2 Å². The van der Waals surface area contributed by atoms with Crippen LogP contribution in [0.3, 0.4) is 0 Å². The summed E-state index contributed by atoms with van der Waals surface area (Å²) in [7, 11) is 0. The van der Waals surface area contributed by atoms with Crippen LogP contribution in [0.4, 0.5) is 13.2 Å². The van der Waals surface area contributed by atoms with Crippen molar-refractivity contribution in [1.29, 1.82) is 0 Å². The lowest BCUT2D eigenvalue weighted by Gasteiger charge is -2.16. The van der Waals surface area contributed by atoms with Crippen molar-refractivity contribution in [1.82, 2.24) is 5.32 Å². The number of nitrogens with one attached hydrogen (secondary N) is 1. The Morgan fingerprint density at radius 1 is 1.27 bits per heavy atom. The molecule has 8 heteroatoms. The zero-order valence-electron chi connectivity index (χ0n) is 11.8. The van der Waals surface area contributed by atoms with Crippen LogP contribution in [0.2, 0.25) is 0 Å². The minimum Gasteiger partial charge on any atom is -0.478 e. The first-order chi connectivity index (χ1) is 10.0. The van der Waals surface area contributed by atoms with Gasteiger partial charge in [-0.2, -0.15) is 13.2 Å². The largest absolute Gasteiger partial charge is 0.478 e. The number of carboxylic acid groups (broad SMARTS) is 1. The first-order valence-electron chi connectivity index (χ1n) is 6.25. The molecule has 0 fully saturated rings. The van der Waals surface area contributed by atoms with Gasteiger partial charge in [-0.25, -0.2) is 4.79 Å². The number of hydrogen-bond donors (Lipinski definition) is 2. The fraction of sp³-hybridized carbons (Fsp3) is 0.357. The van der Waals surface area contributed by atoms with Gasteiger partial charge in [0.1, 0.15) is 0 Å². The van der Waals surface area contributed by atoms with Gasteiger partial charge in [-0.3, -0.25) is 9.59 Å². The highest BCUT2D eigenvalue weighted by Crippen LogP contribution is 2.25. The molecule has 0 spiro atoms. The van der Waals surface area contributed by atoms with Crippen molar-refractivity contribution in [3.8, 4) is 0 Å². The summed E-state index contributed by atoms with van der Waals surface area (Å²) < 4.78 is 37.7. The van der Waals surface area contributed by atoms with E-state index >= 15 is 0 Å². The van der Waals surface area contributed by atoms with Gasteiger partial charge in [0.05, 0.1) is 18.0 Å². The van der Waals surface area contributed by atoms with E-state index in [2.05, 4.69) is 5.32 Å². The number of alkyl halides is 3. The van der Waals surface area contributed by atoms with Gasteiger partial charge in [0, 0.05) is 12.5 Å². The topological polar surface area (TPSA) is 83.5 Å². The predicted molar refractivity (Wildman–Crippen MR) is 70.8 cm³/mol. The molecule has 0 aliphatic rings. The van der Waals surface area contributed by atoms with Crippen molar-refractivity contribution in [3.05, 3.63) is 34.9 Å². The molecule has 22 heavy (non-hydrogen) atoms. The first-order valence-corrected chi connectivity index (χ1v) is 6.25. The molecule has 0 aromatic heterocycles. The second kappa shape index (κ2) is 6.59. The number of carbonyl (C=O) groups is 3. The molecule has 2 N–H and O–H groups in total. The van der Waals surface area contributed by atoms with Crippen molar-refractivity contribution in [2.75, 3.05) is 0 Å². The minimum atomic E-state index is -4.54. The molecule has 0 saturated carbocycles. The Morgan fingerprint density at radius 3 is 2.32 bits per heavy atom. The average molecular weight is 317 g/mol. The van der Waals surface area contributed by atoms with E-state index in [4.69, 9.17) is 5.11 Å². The molecule has 0 saturated heterocycles. The van der Waals surface area contributed by atoms with Gasteiger partial charge in [-0.1, -0.05) is 6.07 Å². The third kappa shape index (κ3) is 4.87. The summed E-state index contributed by atoms with van der Waals surface area (Å²) in [5.74, 6) is -2.66. The van der Waals surface area contributed by atoms with Crippen LogP contribution in [0.5, 0.6) is 0 Å². The van der Waals surface area contributed by atoms with Crippen molar-refractivity contribution < 1.29 is 32.7 Å². The predicted octanol–water partition coefficient (Wildman–Crippen LogP) is 2.20. The van der Waals surface area contributed by atoms with Crippen molar-refractivity contribution in [2.45, 2.75) is 32.5 Å². The summed E-state index contributed by atoms with van der Waals surface area (Å²) in [6.45, 7) is 2.47. The van der Waals surface area contributed by atoms with Crippen LogP contribution < -0.4 is 5.32 Å². The molecule has 0 bridgehead atoms. The van der Waals surface area contributed by atoms with E-state index in [0.717, 1.165) is 25.1 Å². The number of carboxylic acids is 1. The number of carbonyl (C=O) groups excluding carboxylic acids is 2. The monoisotopic (exact) mass is 317 g/mol. The molecule has 5 nitrogen and oxygen atoms in total. The minimum absolute atomic E-state index is 0.302. The highest BCUT2D eigenvalue weighted by Gasteiger charge is 2.31. The molecule has 0 aliphatic heterocycles. The summed E-state index contributed by atoms with van der Waals surface area (Å²) in [4.78, 5) is 34.0. The Balaban J connectivity index is 3.27. The number of aromatic carboxylic acids is 1. The fourth-order valence-corrected chi connectivity index (χ4v) is 1.91. The van der Waals surface area contributed by atoms with Crippen LogP contribution in [0.1, 0.15) is 40.1 Å². The second-order valence-electron chi connectivity index (χ2n) is 4.76. The SMILES string of the molecule is CC(=O)NC(C)C(=O)c1cc(C(=O)O)ccc1CC(F)(F)F. The number of Topliss-reactive ketones (excluding diaryl/α,β-unsaturated/α-hetero) is 1. The van der Waals surface area contributed by atoms with Gasteiger partial charge >= 0.3 is 12.1 Å². The normalized spacial score (nSPS) is 12.6. The van der Waals surface area contributed by atoms with Crippen LogP contribution in [0.15, 0.2) is 18.2 Å². The van der Waals surface area contributed by atoms with Gasteiger partial charge in [-0.15, -0.1) is 0 Å². The van der Waals surface area contributed by atoms with Crippen molar-refractivity contribution in [2.24, 2.45) is 0 Å². The molecule has 1 aromatic carbocycles. The van der Waals surface area contributed by atoms with Crippen LogP contribution in [-0.4, -0.2) is 35.0 Å². The van der Waals surface area contributed by atoms with Crippen LogP contribution in [0, 0.1) is 0 Å². The number of ketones is 1. The number of rotatable bonds is 5. The Hall–Kier alpha value is -2.38. The first kappa shape index (κ1) is 17.7. The van der Waals surface area contributed by atoms with E-state index in [1.165, 1.54) is 6.92 Å². The maximum Gasteiger partial charge on any atom is 0.393 e. The third-order valence-corrected chi connectivity index (χ3v) is 2.83. The lowest BCUT2D eigenvalue weighted by Crippen LogP contribution is -2.37. The summed E-state index contributed by atoms with van der Waals surface area (Å²) >= 11 is 0. The molecule has 0 radical (unpaired) electrons. The van der Waals surface area contributed by atoms with E-state index in [0.29, 0.717) is 0 Å². The number of halogens is 3. The molecule has 120 valence electrons. The van der Waals surface area contributed by atoms with E-state index in [-0.39, 0.29) is 16.7 Å². The average Bonchev–Trinajstić information content (AvgIpc) is 2.35. The van der Waals surface area contributed by atoms with Gasteiger partial charge in [0.15, 0.2) is 5.78 Å². The molecule has 1 amide bonds. The molecule has 1 aromatic rings. The lowest BCUT2D eigenvalue weighted by molar-refractivity contribution is -0.127. The summed E-state index contributed by atoms with van der Waals surface area (Å²) in [6, 6.07) is 1.80. The van der Waals surface area contributed by atoms with Crippen LogP contribution in [0.25, 0.3) is 0 Å². The second-order valence-corrected chi connectivity index (χ2v) is 4.76. The number of benzene rings is 1. The summed E-state index contributed by atoms with van der Waals surface area (Å²) in [6.07, 6.45) is -5.90. The van der Waals surface area contributed by atoms with E-state index < -0.39 is 36.3 Å². The van der Waals surface area contributed by atoms with Gasteiger partial charge in [-0.05, 0) is 24.6 Å². The van der Waals surface area contributed by atoms with E-state index in [1.54, 1.807) is 0 Å². The summed E-state index contributed by atoms with van der Waals surface area (Å²) in [5.41, 5.74) is -0.998. The Labute approximate surface area is 124 Å². The molecule has 1 atom stereocenters. The number of hydrogen-bond acceptors (Lipinski definition) is 3. The van der Waals surface area contributed by atoms with E-state index in [1.807, 2.05) is 0 Å². The molecular weight excluding hydrogens is 303 g/mol. The smallest absolute Gasteiger partial charge is 0.393 e. The maximum atomic E-state index is 12.6.